The van der Waals surface area contributed by atoms with E-state index in [4.69, 9.17) is 27.1 Å². The van der Waals surface area contributed by atoms with E-state index in [0.29, 0.717) is 55.2 Å². The number of nitrogens with one attached hydrogen (secondary N) is 2. The maximum absolute atomic E-state index is 12.7. The predicted molar refractivity (Wildman–Crippen MR) is 141 cm³/mol. The Kier molecular flexibility index (Phi) is 7.73. The Morgan fingerprint density at radius 1 is 1.22 bits per heavy atom. The Hall–Kier alpha value is -1.93. The maximum Gasteiger partial charge on any atom is 0.240 e. The Balaban J connectivity index is 1.30. The Morgan fingerprint density at radius 3 is 2.61 bits per heavy atom. The van der Waals surface area contributed by atoms with E-state index in [2.05, 4.69) is 24.5 Å². The number of rotatable bonds is 9. The lowest BCUT2D eigenvalue weighted by molar-refractivity contribution is 0.0390. The molecule has 0 spiro atoms. The third kappa shape index (κ3) is 5.49. The lowest BCUT2D eigenvalue weighted by atomic mass is 10.1. The van der Waals surface area contributed by atoms with Crippen molar-refractivity contribution in [3.63, 3.8) is 0 Å². The van der Waals surface area contributed by atoms with Gasteiger partial charge in [0.15, 0.2) is 5.16 Å². The summed E-state index contributed by atoms with van der Waals surface area (Å²) in [6.07, 6.45) is 0.757. The fourth-order valence-electron chi connectivity index (χ4n) is 4.31. The van der Waals surface area contributed by atoms with Crippen molar-refractivity contribution < 1.29 is 13.2 Å². The number of aromatic amines is 1. The molecule has 2 aliphatic rings. The van der Waals surface area contributed by atoms with Gasteiger partial charge in [0.2, 0.25) is 10.0 Å². The first-order valence-corrected chi connectivity index (χ1v) is 14.7. The number of aromatic nitrogens is 3. The second-order valence-corrected chi connectivity index (χ2v) is 12.1. The number of ether oxygens (including phenoxy) is 1. The number of fused-ring (bicyclic) bond motifs is 1. The molecule has 3 aromatic rings. The minimum Gasteiger partial charge on any atom is -0.379 e. The summed E-state index contributed by atoms with van der Waals surface area (Å²) >= 11 is 8.00. The average molecular weight is 552 g/mol. The summed E-state index contributed by atoms with van der Waals surface area (Å²) in [6.45, 7) is 7.49. The van der Waals surface area contributed by atoms with Crippen LogP contribution in [0, 0.1) is 0 Å². The van der Waals surface area contributed by atoms with Gasteiger partial charge in [0, 0.05) is 55.9 Å². The molecule has 36 heavy (non-hydrogen) atoms. The summed E-state index contributed by atoms with van der Waals surface area (Å²) in [5, 5.41) is 2.02. The van der Waals surface area contributed by atoms with E-state index in [1.54, 1.807) is 24.3 Å². The van der Waals surface area contributed by atoms with Gasteiger partial charge in [-0.15, -0.1) is 0 Å². The molecule has 0 bridgehead atoms. The van der Waals surface area contributed by atoms with E-state index in [1.165, 1.54) is 11.8 Å². The summed E-state index contributed by atoms with van der Waals surface area (Å²) < 4.78 is 33.5. The number of nitrogens with zero attached hydrogens (tertiary/aromatic N) is 4. The molecule has 0 atom stereocenters. The predicted octanol–water partition coefficient (Wildman–Crippen LogP) is 2.08. The van der Waals surface area contributed by atoms with E-state index in [9.17, 15) is 8.42 Å². The van der Waals surface area contributed by atoms with Gasteiger partial charge in [-0.25, -0.2) is 23.1 Å². The SMILES string of the molecule is CCc1[nH]c2nc(Sc3ccc(S(=O)(=O)NCCN4CCOCC4)cc3)nc(N3CC(N)C3)c2c1Cl. The van der Waals surface area contributed by atoms with Gasteiger partial charge in [-0.3, -0.25) is 4.90 Å². The highest BCUT2D eigenvalue weighted by atomic mass is 35.5. The minimum atomic E-state index is -3.59. The molecule has 0 aliphatic carbocycles. The number of aryl methyl sites for hydroxylation is 1. The van der Waals surface area contributed by atoms with Gasteiger partial charge < -0.3 is 20.4 Å². The van der Waals surface area contributed by atoms with Crippen molar-refractivity contribution in [2.45, 2.75) is 34.3 Å². The number of hydrogen-bond acceptors (Lipinski definition) is 9. The molecule has 1 aromatic carbocycles. The first kappa shape index (κ1) is 25.7. The highest BCUT2D eigenvalue weighted by molar-refractivity contribution is 7.99. The van der Waals surface area contributed by atoms with Gasteiger partial charge in [0.05, 0.1) is 28.5 Å². The molecule has 194 valence electrons. The normalized spacial score (nSPS) is 17.6. The van der Waals surface area contributed by atoms with Gasteiger partial charge in [0.1, 0.15) is 11.5 Å². The van der Waals surface area contributed by atoms with Crippen molar-refractivity contribution >= 4 is 50.2 Å². The molecule has 2 saturated heterocycles. The molecule has 2 aromatic heterocycles. The quantitative estimate of drug-likeness (QED) is 0.342. The van der Waals surface area contributed by atoms with E-state index >= 15 is 0 Å². The molecule has 5 rings (SSSR count). The molecule has 0 saturated carbocycles. The summed E-state index contributed by atoms with van der Waals surface area (Å²) in [4.78, 5) is 18.1. The van der Waals surface area contributed by atoms with Crippen LogP contribution in [0.2, 0.25) is 5.02 Å². The van der Waals surface area contributed by atoms with Crippen LogP contribution in [-0.4, -0.2) is 86.8 Å². The van der Waals surface area contributed by atoms with E-state index in [0.717, 1.165) is 41.3 Å². The van der Waals surface area contributed by atoms with E-state index in [-0.39, 0.29) is 10.9 Å². The molecular formula is C23H30ClN7O3S2. The van der Waals surface area contributed by atoms with Crippen LogP contribution in [0.4, 0.5) is 5.82 Å². The van der Waals surface area contributed by atoms with Crippen LogP contribution in [0.25, 0.3) is 11.0 Å². The number of hydrogen-bond donors (Lipinski definition) is 3. The minimum absolute atomic E-state index is 0.117. The summed E-state index contributed by atoms with van der Waals surface area (Å²) in [5.41, 5.74) is 7.62. The number of anilines is 1. The fourth-order valence-corrected chi connectivity index (χ4v) is 6.44. The second kappa shape index (κ2) is 10.8. The Morgan fingerprint density at radius 2 is 1.94 bits per heavy atom. The molecule has 4 N–H and O–H groups in total. The molecule has 0 unspecified atom stereocenters. The number of H-pyrrole nitrogens is 1. The van der Waals surface area contributed by atoms with Crippen molar-refractivity contribution in [1.82, 2.24) is 24.6 Å². The van der Waals surface area contributed by atoms with Crippen LogP contribution in [0.1, 0.15) is 12.6 Å². The maximum atomic E-state index is 12.7. The molecule has 13 heteroatoms. The number of morpholine rings is 1. The van der Waals surface area contributed by atoms with Crippen molar-refractivity contribution in [3.8, 4) is 0 Å². The number of halogens is 1. The number of nitrogens with two attached hydrogens (primary N) is 1. The lowest BCUT2D eigenvalue weighted by Gasteiger charge is -2.38. The van der Waals surface area contributed by atoms with Gasteiger partial charge in [-0.1, -0.05) is 18.5 Å². The van der Waals surface area contributed by atoms with Crippen LogP contribution in [-0.2, 0) is 21.2 Å². The second-order valence-electron chi connectivity index (χ2n) is 8.91. The van der Waals surface area contributed by atoms with Crippen molar-refractivity contribution in [1.29, 1.82) is 0 Å². The smallest absolute Gasteiger partial charge is 0.240 e. The van der Waals surface area contributed by atoms with Crippen LogP contribution in [0.5, 0.6) is 0 Å². The largest absolute Gasteiger partial charge is 0.379 e. The average Bonchev–Trinajstić information content (AvgIpc) is 3.18. The fraction of sp³-hybridized carbons (Fsp3) is 0.478. The molecule has 2 fully saturated rings. The molecule has 0 radical (unpaired) electrons. The summed E-state index contributed by atoms with van der Waals surface area (Å²) in [5.74, 6) is 0.772. The lowest BCUT2D eigenvalue weighted by Crippen LogP contribution is -2.56. The summed E-state index contributed by atoms with van der Waals surface area (Å²) in [6, 6.07) is 6.87. The van der Waals surface area contributed by atoms with Gasteiger partial charge in [0.25, 0.3) is 0 Å². The zero-order valence-electron chi connectivity index (χ0n) is 20.0. The standard InChI is InChI=1S/C23H30ClN7O3S2/c1-2-18-20(24)19-21(27-18)28-23(29-22(19)31-13-15(25)14-31)35-16-3-5-17(6-4-16)36(32,33)26-7-8-30-9-11-34-12-10-30/h3-6,15,26H,2,7-14,25H2,1H3,(H,27,28,29). The Labute approximate surface area is 220 Å². The van der Waals surface area contributed by atoms with Crippen molar-refractivity contribution in [2.75, 3.05) is 57.4 Å². The molecular weight excluding hydrogens is 522 g/mol. The Bertz CT molecular complexity index is 1320. The first-order valence-electron chi connectivity index (χ1n) is 12.0. The number of sulfonamides is 1. The first-order chi connectivity index (χ1) is 17.3. The van der Waals surface area contributed by atoms with Crippen LogP contribution >= 0.6 is 23.4 Å². The van der Waals surface area contributed by atoms with E-state index in [1.807, 2.05) is 6.92 Å². The highest BCUT2D eigenvalue weighted by Crippen LogP contribution is 2.37. The monoisotopic (exact) mass is 551 g/mol. The van der Waals surface area contributed by atoms with Crippen LogP contribution in [0.3, 0.4) is 0 Å². The third-order valence-corrected chi connectivity index (χ3v) is 9.12. The summed E-state index contributed by atoms with van der Waals surface area (Å²) in [7, 11) is -3.59. The van der Waals surface area contributed by atoms with Gasteiger partial charge >= 0.3 is 0 Å². The van der Waals surface area contributed by atoms with Crippen LogP contribution in [0.15, 0.2) is 39.2 Å². The van der Waals surface area contributed by atoms with Gasteiger partial charge in [-0.2, -0.15) is 0 Å². The van der Waals surface area contributed by atoms with Gasteiger partial charge in [-0.05, 0) is 42.4 Å². The molecule has 2 aliphatic heterocycles. The third-order valence-electron chi connectivity index (χ3n) is 6.35. The van der Waals surface area contributed by atoms with E-state index < -0.39 is 10.0 Å². The topological polar surface area (TPSA) is 129 Å². The highest BCUT2D eigenvalue weighted by Gasteiger charge is 2.29. The zero-order valence-corrected chi connectivity index (χ0v) is 22.4. The van der Waals surface area contributed by atoms with Crippen LogP contribution < -0.4 is 15.4 Å². The number of benzene rings is 1. The molecule has 0 amide bonds. The van der Waals surface area contributed by atoms with Crippen molar-refractivity contribution in [2.24, 2.45) is 5.73 Å². The van der Waals surface area contributed by atoms with Crippen molar-refractivity contribution in [3.05, 3.63) is 35.0 Å². The zero-order chi connectivity index (χ0) is 25.3. The molecule has 10 nitrogen and oxygen atoms in total. The molecule has 4 heterocycles.